The van der Waals surface area contributed by atoms with Crippen LogP contribution in [0.4, 0.5) is 0 Å². The number of carbonyl (C=O) groups excluding carboxylic acids is 1. The predicted octanol–water partition coefficient (Wildman–Crippen LogP) is 6.23. The lowest BCUT2D eigenvalue weighted by atomic mass is 10.0. The Morgan fingerprint density at radius 1 is 1.00 bits per heavy atom. The van der Waals surface area contributed by atoms with Gasteiger partial charge in [-0.1, -0.05) is 35.3 Å². The summed E-state index contributed by atoms with van der Waals surface area (Å²) in [6.07, 6.45) is 0.136. The second-order valence-corrected chi connectivity index (χ2v) is 6.78. The summed E-state index contributed by atoms with van der Waals surface area (Å²) in [5, 5.41) is 11.0. The summed E-state index contributed by atoms with van der Waals surface area (Å²) >= 11 is 12.1. The summed E-state index contributed by atoms with van der Waals surface area (Å²) < 4.78 is 5.73. The van der Waals surface area contributed by atoms with Crippen LogP contribution in [0.3, 0.4) is 0 Å². The molecule has 0 aliphatic rings. The van der Waals surface area contributed by atoms with Gasteiger partial charge in [0.25, 0.3) is 0 Å². The number of aromatic hydroxyl groups is 1. The summed E-state index contributed by atoms with van der Waals surface area (Å²) in [4.78, 5) is 12.4. The Balaban J connectivity index is 1.74. The molecule has 0 amide bonds. The molecule has 0 unspecified atom stereocenters. The number of ketones is 1. The van der Waals surface area contributed by atoms with Gasteiger partial charge in [0.2, 0.25) is 0 Å². The SMILES string of the molecule is Cc1ccc(C(=O)Cc2ccc(Oc3ccc(Cl)cc3)c(Cl)c2)c(O)c1. The summed E-state index contributed by atoms with van der Waals surface area (Å²) in [7, 11) is 0. The van der Waals surface area contributed by atoms with Gasteiger partial charge in [0.1, 0.15) is 17.2 Å². The molecule has 5 heteroatoms. The molecule has 0 radical (unpaired) electrons. The molecule has 0 atom stereocenters. The molecule has 26 heavy (non-hydrogen) atoms. The van der Waals surface area contributed by atoms with E-state index in [0.29, 0.717) is 27.1 Å². The second-order valence-electron chi connectivity index (χ2n) is 5.94. The predicted molar refractivity (Wildman–Crippen MR) is 104 cm³/mol. The topological polar surface area (TPSA) is 46.5 Å². The molecule has 0 bridgehead atoms. The van der Waals surface area contributed by atoms with Crippen LogP contribution in [0.5, 0.6) is 17.2 Å². The van der Waals surface area contributed by atoms with Crippen molar-refractivity contribution in [2.45, 2.75) is 13.3 Å². The molecule has 3 rings (SSSR count). The minimum absolute atomic E-state index is 0.0104. The monoisotopic (exact) mass is 386 g/mol. The van der Waals surface area contributed by atoms with Crippen LogP contribution < -0.4 is 4.74 Å². The Bertz CT molecular complexity index is 950. The van der Waals surface area contributed by atoms with Crippen LogP contribution in [-0.2, 0) is 6.42 Å². The van der Waals surface area contributed by atoms with E-state index < -0.39 is 0 Å². The largest absolute Gasteiger partial charge is 0.507 e. The number of rotatable bonds is 5. The molecule has 0 saturated heterocycles. The van der Waals surface area contributed by atoms with Crippen molar-refractivity contribution in [1.29, 1.82) is 0 Å². The van der Waals surface area contributed by atoms with Crippen molar-refractivity contribution in [3.05, 3.63) is 87.4 Å². The average Bonchev–Trinajstić information content (AvgIpc) is 2.59. The van der Waals surface area contributed by atoms with Gasteiger partial charge in [-0.3, -0.25) is 4.79 Å². The van der Waals surface area contributed by atoms with E-state index in [4.69, 9.17) is 27.9 Å². The van der Waals surface area contributed by atoms with Gasteiger partial charge in [-0.05, 0) is 66.6 Å². The Hall–Kier alpha value is -2.49. The van der Waals surface area contributed by atoms with Gasteiger partial charge >= 0.3 is 0 Å². The van der Waals surface area contributed by atoms with Crippen LogP contribution in [0.1, 0.15) is 21.5 Å². The first kappa shape index (κ1) is 18.3. The summed E-state index contributed by atoms with van der Waals surface area (Å²) in [5.41, 5.74) is 1.93. The third-order valence-corrected chi connectivity index (χ3v) is 4.40. The highest BCUT2D eigenvalue weighted by Gasteiger charge is 2.13. The number of phenolic OH excluding ortho intramolecular Hbond substituents is 1. The number of Topliss-reactive ketones (excluding diaryl/α,β-unsaturated/α-hetero) is 1. The Morgan fingerprint density at radius 3 is 2.38 bits per heavy atom. The first-order valence-electron chi connectivity index (χ1n) is 7.97. The van der Waals surface area contributed by atoms with E-state index >= 15 is 0 Å². The number of ether oxygens (including phenoxy) is 1. The van der Waals surface area contributed by atoms with Gasteiger partial charge in [-0.15, -0.1) is 0 Å². The zero-order chi connectivity index (χ0) is 18.7. The van der Waals surface area contributed by atoms with Crippen LogP contribution in [0.2, 0.25) is 10.0 Å². The standard InChI is InChI=1S/C21H16Cl2O3/c1-13-2-8-17(19(24)10-13)20(25)12-14-3-9-21(18(23)11-14)26-16-6-4-15(22)5-7-16/h2-11,24H,12H2,1H3. The number of phenols is 1. The van der Waals surface area contributed by atoms with E-state index in [-0.39, 0.29) is 18.0 Å². The van der Waals surface area contributed by atoms with Gasteiger partial charge < -0.3 is 9.84 Å². The molecule has 0 aliphatic carbocycles. The Morgan fingerprint density at radius 2 is 1.73 bits per heavy atom. The zero-order valence-electron chi connectivity index (χ0n) is 14.0. The summed E-state index contributed by atoms with van der Waals surface area (Å²) in [6.45, 7) is 1.85. The van der Waals surface area contributed by atoms with Gasteiger partial charge in [0, 0.05) is 11.4 Å². The number of benzene rings is 3. The van der Waals surface area contributed by atoms with Gasteiger partial charge in [0.15, 0.2) is 5.78 Å². The highest BCUT2D eigenvalue weighted by Crippen LogP contribution is 2.31. The molecule has 0 spiro atoms. The molecular formula is C21H16Cl2O3. The van der Waals surface area contributed by atoms with Crippen molar-refractivity contribution in [3.63, 3.8) is 0 Å². The fourth-order valence-electron chi connectivity index (χ4n) is 2.52. The van der Waals surface area contributed by atoms with Crippen LogP contribution in [0, 0.1) is 6.92 Å². The van der Waals surface area contributed by atoms with E-state index in [1.165, 1.54) is 0 Å². The van der Waals surface area contributed by atoms with Crippen molar-refractivity contribution < 1.29 is 14.6 Å². The highest BCUT2D eigenvalue weighted by atomic mass is 35.5. The van der Waals surface area contributed by atoms with E-state index in [0.717, 1.165) is 11.1 Å². The number of halogens is 2. The van der Waals surface area contributed by atoms with E-state index in [1.807, 2.05) is 6.92 Å². The van der Waals surface area contributed by atoms with E-state index in [2.05, 4.69) is 0 Å². The highest BCUT2D eigenvalue weighted by molar-refractivity contribution is 6.32. The molecule has 132 valence electrons. The molecule has 0 heterocycles. The molecular weight excluding hydrogens is 371 g/mol. The number of carbonyl (C=O) groups is 1. The minimum atomic E-state index is -0.176. The minimum Gasteiger partial charge on any atom is -0.507 e. The van der Waals surface area contributed by atoms with Crippen LogP contribution in [0.25, 0.3) is 0 Å². The normalized spacial score (nSPS) is 10.6. The quantitative estimate of drug-likeness (QED) is 0.528. The zero-order valence-corrected chi connectivity index (χ0v) is 15.5. The smallest absolute Gasteiger partial charge is 0.170 e. The third kappa shape index (κ3) is 4.37. The van der Waals surface area contributed by atoms with Gasteiger partial charge in [-0.2, -0.15) is 0 Å². The number of aryl methyl sites for hydroxylation is 1. The molecule has 3 aromatic carbocycles. The van der Waals surface area contributed by atoms with Gasteiger partial charge in [-0.25, -0.2) is 0 Å². The summed E-state index contributed by atoms with van der Waals surface area (Å²) in [5.74, 6) is 0.918. The lowest BCUT2D eigenvalue weighted by Crippen LogP contribution is -2.04. The Labute approximate surface area is 161 Å². The number of hydrogen-bond donors (Lipinski definition) is 1. The fraction of sp³-hybridized carbons (Fsp3) is 0.0952. The van der Waals surface area contributed by atoms with Crippen molar-refractivity contribution in [2.75, 3.05) is 0 Å². The van der Waals surface area contributed by atoms with Crippen molar-refractivity contribution in [3.8, 4) is 17.2 Å². The van der Waals surface area contributed by atoms with Crippen molar-refractivity contribution >= 4 is 29.0 Å². The summed E-state index contributed by atoms with van der Waals surface area (Å²) in [6, 6.07) is 17.1. The molecule has 3 nitrogen and oxygen atoms in total. The first-order chi connectivity index (χ1) is 12.4. The third-order valence-electron chi connectivity index (χ3n) is 3.86. The first-order valence-corrected chi connectivity index (χ1v) is 8.72. The molecule has 0 aromatic heterocycles. The molecule has 3 aromatic rings. The average molecular weight is 387 g/mol. The fourth-order valence-corrected chi connectivity index (χ4v) is 2.89. The van der Waals surface area contributed by atoms with Crippen LogP contribution in [-0.4, -0.2) is 10.9 Å². The Kier molecular flexibility index (Phi) is 5.50. The van der Waals surface area contributed by atoms with Crippen molar-refractivity contribution in [1.82, 2.24) is 0 Å². The van der Waals surface area contributed by atoms with E-state index in [1.54, 1.807) is 60.7 Å². The second kappa shape index (κ2) is 7.81. The van der Waals surface area contributed by atoms with Crippen LogP contribution >= 0.6 is 23.2 Å². The maximum absolute atomic E-state index is 12.4. The maximum atomic E-state index is 12.4. The molecule has 0 fully saturated rings. The maximum Gasteiger partial charge on any atom is 0.170 e. The number of hydrogen-bond acceptors (Lipinski definition) is 3. The van der Waals surface area contributed by atoms with Crippen molar-refractivity contribution in [2.24, 2.45) is 0 Å². The lowest BCUT2D eigenvalue weighted by molar-refractivity contribution is 0.0990. The lowest BCUT2D eigenvalue weighted by Gasteiger charge is -2.10. The molecule has 0 saturated carbocycles. The molecule has 1 N–H and O–H groups in total. The van der Waals surface area contributed by atoms with Gasteiger partial charge in [0.05, 0.1) is 10.6 Å². The van der Waals surface area contributed by atoms with E-state index in [9.17, 15) is 9.90 Å². The molecule has 0 aliphatic heterocycles. The van der Waals surface area contributed by atoms with Crippen LogP contribution in [0.15, 0.2) is 60.7 Å².